The molecule has 2 saturated heterocycles. The van der Waals surface area contributed by atoms with E-state index in [1.54, 1.807) is 0 Å². The molecule has 0 radical (unpaired) electrons. The second-order valence-electron chi connectivity index (χ2n) is 6.29. The smallest absolute Gasteiger partial charge is 0.388 e. The van der Waals surface area contributed by atoms with E-state index >= 15 is 0 Å². The van der Waals surface area contributed by atoms with Gasteiger partial charge in [0, 0.05) is 13.6 Å². The summed E-state index contributed by atoms with van der Waals surface area (Å²) in [5.74, 6) is -1.89. The van der Waals surface area contributed by atoms with Crippen molar-refractivity contribution in [1.82, 2.24) is 10.2 Å². The molecule has 2 aliphatic rings. The maximum Gasteiger partial charge on any atom is 0.490 e. The average Bonchev–Trinajstić information content (AvgIpc) is 2.81. The highest BCUT2D eigenvalue weighted by atomic mass is 31.3. The molecule has 0 aromatic carbocycles. The standard InChI is InChI=1S/C10H19N2O15P3/c1-12-2-4(9(15)11-10(12)16)8-7(14)6(13)5(25-8)3-24-29(20,21)27-30(22,23)26-28(17,18)19/h4-8,13-14H,2-3H2,1H3,(H,20,21)(H,22,23)(H,11,15,16)(H2,17,18,19)/t4?,5-,6?,7+,8+/m1/s1. The number of rotatable bonds is 8. The number of phosphoric ester groups is 1. The van der Waals surface area contributed by atoms with E-state index in [0.29, 0.717) is 0 Å². The Morgan fingerprint density at radius 3 is 2.23 bits per heavy atom. The van der Waals surface area contributed by atoms with Crippen molar-refractivity contribution < 1.29 is 71.0 Å². The molecular formula is C10H19N2O15P3. The van der Waals surface area contributed by atoms with E-state index in [1.165, 1.54) is 7.05 Å². The molecule has 2 aliphatic heterocycles. The van der Waals surface area contributed by atoms with Crippen molar-refractivity contribution in [3.8, 4) is 0 Å². The van der Waals surface area contributed by atoms with E-state index < -0.39 is 72.3 Å². The van der Waals surface area contributed by atoms with E-state index in [1.807, 2.05) is 5.32 Å². The van der Waals surface area contributed by atoms with Gasteiger partial charge in [0.1, 0.15) is 18.3 Å². The predicted molar refractivity (Wildman–Crippen MR) is 90.2 cm³/mol. The number of imide groups is 1. The number of aliphatic hydroxyl groups excluding tert-OH is 2. The summed E-state index contributed by atoms with van der Waals surface area (Å²) < 4.78 is 50.2. The SMILES string of the molecule is CN1CC([C@@H]2O[C@H](COP(=O)(O)OP(=O)(O)OP(=O)(O)O)C(O)[C@@H]2O)C(=O)NC1=O. The van der Waals surface area contributed by atoms with E-state index in [4.69, 9.17) is 19.4 Å². The van der Waals surface area contributed by atoms with Gasteiger partial charge in [0.25, 0.3) is 0 Å². The zero-order valence-electron chi connectivity index (χ0n) is 14.9. The van der Waals surface area contributed by atoms with Crippen molar-refractivity contribution in [2.75, 3.05) is 20.2 Å². The van der Waals surface area contributed by atoms with Gasteiger partial charge in [-0.15, -0.1) is 0 Å². The van der Waals surface area contributed by atoms with Gasteiger partial charge in [0.15, 0.2) is 0 Å². The average molecular weight is 500 g/mol. The van der Waals surface area contributed by atoms with E-state index in [0.717, 1.165) is 4.90 Å². The summed E-state index contributed by atoms with van der Waals surface area (Å²) in [7, 11) is -15.4. The van der Waals surface area contributed by atoms with E-state index in [-0.39, 0.29) is 6.54 Å². The van der Waals surface area contributed by atoms with Gasteiger partial charge < -0.3 is 39.4 Å². The molecule has 2 rings (SSSR count). The summed E-state index contributed by atoms with van der Waals surface area (Å²) in [5.41, 5.74) is 0. The molecule has 7 atom stereocenters. The van der Waals surface area contributed by atoms with Crippen LogP contribution in [0.3, 0.4) is 0 Å². The second kappa shape index (κ2) is 9.00. The highest BCUT2D eigenvalue weighted by molar-refractivity contribution is 7.66. The fourth-order valence-corrected chi connectivity index (χ4v) is 5.76. The molecule has 30 heavy (non-hydrogen) atoms. The Balaban J connectivity index is 2.00. The number of phosphoric acid groups is 3. The fraction of sp³-hybridized carbons (Fsp3) is 0.800. The van der Waals surface area contributed by atoms with Gasteiger partial charge in [-0.25, -0.2) is 18.5 Å². The Labute approximate surface area is 168 Å². The Morgan fingerprint density at radius 2 is 1.67 bits per heavy atom. The van der Waals surface area contributed by atoms with Crippen molar-refractivity contribution in [2.45, 2.75) is 24.4 Å². The number of ether oxygens (including phenoxy) is 1. The normalized spacial score (nSPS) is 34.4. The predicted octanol–water partition coefficient (Wildman–Crippen LogP) is -2.38. The number of urea groups is 1. The van der Waals surface area contributed by atoms with Crippen LogP contribution in [0.25, 0.3) is 0 Å². The number of hydrogen-bond donors (Lipinski definition) is 7. The van der Waals surface area contributed by atoms with Crippen LogP contribution < -0.4 is 5.32 Å². The molecule has 3 amide bonds. The van der Waals surface area contributed by atoms with Crippen LogP contribution in [0.2, 0.25) is 0 Å². The minimum Gasteiger partial charge on any atom is -0.388 e. The molecule has 4 unspecified atom stereocenters. The number of nitrogens with one attached hydrogen (secondary N) is 1. The monoisotopic (exact) mass is 500 g/mol. The van der Waals surface area contributed by atoms with Crippen LogP contribution in [-0.4, -0.2) is 91.2 Å². The zero-order chi connectivity index (χ0) is 23.1. The quantitative estimate of drug-likeness (QED) is 0.172. The minimum absolute atomic E-state index is 0.165. The number of carbonyl (C=O) groups excluding carboxylic acids is 2. The molecule has 0 spiro atoms. The Morgan fingerprint density at radius 1 is 1.07 bits per heavy atom. The van der Waals surface area contributed by atoms with Gasteiger partial charge in [0.2, 0.25) is 5.91 Å². The molecule has 17 nitrogen and oxygen atoms in total. The first kappa shape index (κ1) is 25.5. The van der Waals surface area contributed by atoms with Crippen molar-refractivity contribution >= 4 is 35.4 Å². The highest BCUT2D eigenvalue weighted by Gasteiger charge is 2.51. The third kappa shape index (κ3) is 6.61. The number of carbonyl (C=O) groups is 2. The Hall–Kier alpha value is -0.770. The summed E-state index contributed by atoms with van der Waals surface area (Å²) >= 11 is 0. The van der Waals surface area contributed by atoms with Crippen molar-refractivity contribution in [3.05, 3.63) is 0 Å². The van der Waals surface area contributed by atoms with Gasteiger partial charge in [-0.05, 0) is 0 Å². The third-order valence-electron chi connectivity index (χ3n) is 4.00. The number of aliphatic hydroxyl groups is 2. The first-order valence-electron chi connectivity index (χ1n) is 7.87. The van der Waals surface area contributed by atoms with Crippen molar-refractivity contribution in [1.29, 1.82) is 0 Å². The largest absolute Gasteiger partial charge is 0.490 e. The number of amides is 3. The van der Waals surface area contributed by atoms with Crippen LogP contribution in [0.5, 0.6) is 0 Å². The molecule has 0 saturated carbocycles. The maximum atomic E-state index is 12.0. The molecule has 2 heterocycles. The van der Waals surface area contributed by atoms with Crippen molar-refractivity contribution in [3.63, 3.8) is 0 Å². The lowest BCUT2D eigenvalue weighted by atomic mass is 9.93. The maximum absolute atomic E-state index is 12.0. The molecule has 174 valence electrons. The second-order valence-corrected chi connectivity index (χ2v) is 10.7. The van der Waals surface area contributed by atoms with Crippen molar-refractivity contribution in [2.24, 2.45) is 5.92 Å². The van der Waals surface area contributed by atoms with E-state index in [2.05, 4.69) is 13.1 Å². The van der Waals surface area contributed by atoms with Crippen LogP contribution >= 0.6 is 23.5 Å². The van der Waals surface area contributed by atoms with Crippen LogP contribution in [0.15, 0.2) is 0 Å². The summed E-state index contributed by atoms with van der Waals surface area (Å²) in [6.45, 7) is -1.18. The Bertz CT molecular complexity index is 829. The fourth-order valence-electron chi connectivity index (χ4n) is 2.73. The summed E-state index contributed by atoms with van der Waals surface area (Å²) in [5, 5.41) is 22.2. The topological polar surface area (TPSA) is 259 Å². The van der Waals surface area contributed by atoms with Gasteiger partial charge >= 0.3 is 29.5 Å². The third-order valence-corrected chi connectivity index (χ3v) is 7.80. The van der Waals surface area contributed by atoms with Gasteiger partial charge in [0.05, 0.1) is 18.6 Å². The lowest BCUT2D eigenvalue weighted by molar-refractivity contribution is -0.134. The van der Waals surface area contributed by atoms with Gasteiger partial charge in [-0.3, -0.25) is 14.6 Å². The molecular weight excluding hydrogens is 481 g/mol. The van der Waals surface area contributed by atoms with E-state index in [9.17, 15) is 38.4 Å². The van der Waals surface area contributed by atoms with Crippen LogP contribution in [0.1, 0.15) is 0 Å². The van der Waals surface area contributed by atoms with Gasteiger partial charge in [-0.2, -0.15) is 8.62 Å². The summed E-state index contributed by atoms with van der Waals surface area (Å²) in [6.07, 6.45) is -6.27. The molecule has 2 fully saturated rings. The summed E-state index contributed by atoms with van der Waals surface area (Å²) in [6, 6.07) is -0.687. The molecule has 0 aromatic heterocycles. The van der Waals surface area contributed by atoms with Crippen LogP contribution in [0.4, 0.5) is 4.79 Å². The highest BCUT2D eigenvalue weighted by Crippen LogP contribution is 2.66. The minimum atomic E-state index is -5.72. The molecule has 20 heteroatoms. The molecule has 0 aromatic rings. The zero-order valence-corrected chi connectivity index (χ0v) is 17.6. The lowest BCUT2D eigenvalue weighted by Crippen LogP contribution is -2.57. The Kier molecular flexibility index (Phi) is 7.65. The first-order valence-corrected chi connectivity index (χ1v) is 12.4. The number of nitrogens with zero attached hydrogens (tertiary/aromatic N) is 1. The summed E-state index contributed by atoms with van der Waals surface area (Å²) in [4.78, 5) is 59.9. The van der Waals surface area contributed by atoms with Gasteiger partial charge in [-0.1, -0.05) is 0 Å². The van der Waals surface area contributed by atoms with Crippen LogP contribution in [-0.2, 0) is 36.4 Å². The molecule has 7 N–H and O–H groups in total. The van der Waals surface area contributed by atoms with Crippen LogP contribution in [0, 0.1) is 5.92 Å². The molecule has 0 bridgehead atoms. The number of hydrogen-bond acceptors (Lipinski definition) is 11. The molecule has 0 aliphatic carbocycles. The first-order chi connectivity index (χ1) is 13.5. The lowest BCUT2D eigenvalue weighted by Gasteiger charge is -2.33.